The molecule has 2 aromatic heterocycles. The number of aryl methyl sites for hydroxylation is 3. The first-order chi connectivity index (χ1) is 14.0. The zero-order valence-corrected chi connectivity index (χ0v) is 17.4. The molecule has 5 nitrogen and oxygen atoms in total. The minimum Gasteiger partial charge on any atom is -0.336 e. The molecule has 29 heavy (non-hydrogen) atoms. The van der Waals surface area contributed by atoms with Gasteiger partial charge in [0.25, 0.3) is 5.91 Å². The number of amides is 1. The smallest absolute Gasteiger partial charge is 0.253 e. The molecule has 1 amide bonds. The lowest BCUT2D eigenvalue weighted by atomic mass is 10.1. The Hall–Kier alpha value is -2.82. The van der Waals surface area contributed by atoms with Crippen LogP contribution in [-0.4, -0.2) is 38.0 Å². The number of carbonyl (C=O) groups is 1. The molecular formula is C24H28N4O. The van der Waals surface area contributed by atoms with Gasteiger partial charge in [-0.3, -0.25) is 4.79 Å². The molecule has 0 N–H and O–H groups in total. The van der Waals surface area contributed by atoms with Crippen molar-refractivity contribution in [3.63, 3.8) is 0 Å². The monoisotopic (exact) mass is 388 g/mol. The molecule has 1 aliphatic heterocycles. The summed E-state index contributed by atoms with van der Waals surface area (Å²) in [5, 5.41) is 0. The minimum absolute atomic E-state index is 0.130. The van der Waals surface area contributed by atoms with Crippen molar-refractivity contribution in [2.45, 2.75) is 52.0 Å². The number of aromatic nitrogens is 3. The number of nitrogens with zero attached hydrogens (tertiary/aromatic N) is 4. The molecule has 1 aromatic carbocycles. The topological polar surface area (TPSA) is 43.1 Å². The van der Waals surface area contributed by atoms with Crippen LogP contribution in [0.25, 0.3) is 5.69 Å². The quantitative estimate of drug-likeness (QED) is 0.657. The number of hydrogen-bond acceptors (Lipinski definition) is 2. The lowest BCUT2D eigenvalue weighted by molar-refractivity contribution is 0.0787. The second-order valence-electron chi connectivity index (χ2n) is 8.59. The Morgan fingerprint density at radius 2 is 1.62 bits per heavy atom. The van der Waals surface area contributed by atoms with Crippen LogP contribution in [-0.2, 0) is 0 Å². The fraction of sp³-hybridized carbons (Fsp3) is 0.417. The van der Waals surface area contributed by atoms with Crippen LogP contribution in [0.5, 0.6) is 0 Å². The number of benzene rings is 1. The van der Waals surface area contributed by atoms with Crippen LogP contribution >= 0.6 is 0 Å². The lowest BCUT2D eigenvalue weighted by Gasteiger charge is -2.20. The number of likely N-dealkylation sites (tertiary alicyclic amines) is 1. The van der Waals surface area contributed by atoms with Gasteiger partial charge in [0.05, 0.1) is 6.04 Å². The third-order valence-electron chi connectivity index (χ3n) is 6.41. The number of carbonyl (C=O) groups excluding carboxylic acids is 1. The van der Waals surface area contributed by atoms with Gasteiger partial charge >= 0.3 is 0 Å². The largest absolute Gasteiger partial charge is 0.336 e. The van der Waals surface area contributed by atoms with E-state index in [0.717, 1.165) is 30.8 Å². The van der Waals surface area contributed by atoms with Crippen LogP contribution in [0.3, 0.4) is 0 Å². The Balaban J connectivity index is 1.32. The van der Waals surface area contributed by atoms with Crippen molar-refractivity contribution < 1.29 is 4.79 Å². The van der Waals surface area contributed by atoms with Crippen LogP contribution in [0.15, 0.2) is 42.6 Å². The third kappa shape index (κ3) is 3.18. The third-order valence-corrected chi connectivity index (χ3v) is 6.41. The Morgan fingerprint density at radius 3 is 2.28 bits per heavy atom. The van der Waals surface area contributed by atoms with Gasteiger partial charge in [0.15, 0.2) is 0 Å². The van der Waals surface area contributed by atoms with Gasteiger partial charge in [0, 0.05) is 53.5 Å². The molecule has 2 aliphatic rings. The molecule has 1 saturated carbocycles. The Bertz CT molecular complexity index is 1040. The van der Waals surface area contributed by atoms with Crippen molar-refractivity contribution in [2.24, 2.45) is 0 Å². The van der Waals surface area contributed by atoms with Crippen LogP contribution < -0.4 is 0 Å². The molecule has 1 aliphatic carbocycles. The summed E-state index contributed by atoms with van der Waals surface area (Å²) in [6.45, 7) is 7.91. The average molecular weight is 389 g/mol. The van der Waals surface area contributed by atoms with Gasteiger partial charge in [-0.25, -0.2) is 4.98 Å². The summed E-state index contributed by atoms with van der Waals surface area (Å²) in [4.78, 5) is 19.8. The molecule has 0 radical (unpaired) electrons. The fourth-order valence-corrected chi connectivity index (χ4v) is 4.73. The summed E-state index contributed by atoms with van der Waals surface area (Å²) < 4.78 is 4.60. The van der Waals surface area contributed by atoms with E-state index in [1.54, 1.807) is 0 Å². The van der Waals surface area contributed by atoms with Crippen LogP contribution in [0.4, 0.5) is 0 Å². The molecule has 5 heteroatoms. The maximum Gasteiger partial charge on any atom is 0.253 e. The number of hydrogen-bond donors (Lipinski definition) is 0. The standard InChI is InChI=1S/C24H28N4O/c1-16-4-5-17(2)27(16)21-10-8-20(9-11-21)24(29)26-13-12-22(15-26)28-18(3)14-25-23(28)19-6-7-19/h4-5,8-11,14,19,22H,6-7,12-13,15H2,1-3H3. The first kappa shape index (κ1) is 18.2. The van der Waals surface area contributed by atoms with E-state index in [-0.39, 0.29) is 5.91 Å². The molecule has 150 valence electrons. The molecule has 1 saturated heterocycles. The Kier molecular flexibility index (Phi) is 4.34. The summed E-state index contributed by atoms with van der Waals surface area (Å²) in [6.07, 6.45) is 5.49. The van der Waals surface area contributed by atoms with E-state index >= 15 is 0 Å². The van der Waals surface area contributed by atoms with E-state index in [4.69, 9.17) is 0 Å². The lowest BCUT2D eigenvalue weighted by Crippen LogP contribution is -2.29. The van der Waals surface area contributed by atoms with Crippen molar-refractivity contribution in [1.82, 2.24) is 19.0 Å². The van der Waals surface area contributed by atoms with E-state index in [9.17, 15) is 4.79 Å². The molecular weight excluding hydrogens is 360 g/mol. The number of imidazole rings is 1. The predicted octanol–water partition coefficient (Wildman–Crippen LogP) is 4.56. The summed E-state index contributed by atoms with van der Waals surface area (Å²) >= 11 is 0. The summed E-state index contributed by atoms with van der Waals surface area (Å²) in [5.41, 5.74) is 5.48. The second-order valence-corrected chi connectivity index (χ2v) is 8.59. The summed E-state index contributed by atoms with van der Waals surface area (Å²) in [6, 6.07) is 12.6. The minimum atomic E-state index is 0.130. The van der Waals surface area contributed by atoms with E-state index < -0.39 is 0 Å². The van der Waals surface area contributed by atoms with E-state index in [0.29, 0.717) is 12.0 Å². The Labute approximate surface area is 172 Å². The molecule has 1 atom stereocenters. The Morgan fingerprint density at radius 1 is 0.931 bits per heavy atom. The SMILES string of the molecule is Cc1ccc(C)n1-c1ccc(C(=O)N2CCC(n3c(C)cnc3C3CC3)C2)cc1. The highest BCUT2D eigenvalue weighted by Gasteiger charge is 2.34. The van der Waals surface area contributed by atoms with Crippen molar-refractivity contribution >= 4 is 5.91 Å². The van der Waals surface area contributed by atoms with Crippen LogP contribution in [0.2, 0.25) is 0 Å². The molecule has 0 spiro atoms. The fourth-order valence-electron chi connectivity index (χ4n) is 4.73. The maximum absolute atomic E-state index is 13.1. The van der Waals surface area contributed by atoms with Gasteiger partial charge in [-0.1, -0.05) is 0 Å². The van der Waals surface area contributed by atoms with Crippen molar-refractivity contribution in [3.05, 3.63) is 71.1 Å². The van der Waals surface area contributed by atoms with Crippen LogP contribution in [0, 0.1) is 20.8 Å². The number of rotatable bonds is 4. The van der Waals surface area contributed by atoms with Gasteiger partial charge < -0.3 is 14.0 Å². The molecule has 3 aromatic rings. The highest BCUT2D eigenvalue weighted by molar-refractivity contribution is 5.94. The summed E-state index contributed by atoms with van der Waals surface area (Å²) in [5.74, 6) is 1.98. The van der Waals surface area contributed by atoms with Crippen LogP contribution in [0.1, 0.15) is 64.5 Å². The molecule has 5 rings (SSSR count). The van der Waals surface area contributed by atoms with Gasteiger partial charge in [-0.2, -0.15) is 0 Å². The zero-order chi connectivity index (χ0) is 20.1. The van der Waals surface area contributed by atoms with Gasteiger partial charge in [0.2, 0.25) is 0 Å². The highest BCUT2D eigenvalue weighted by atomic mass is 16.2. The average Bonchev–Trinajstić information content (AvgIpc) is 3.17. The zero-order valence-electron chi connectivity index (χ0n) is 17.4. The van der Waals surface area contributed by atoms with E-state index in [2.05, 4.69) is 47.0 Å². The van der Waals surface area contributed by atoms with Crippen molar-refractivity contribution in [3.8, 4) is 5.69 Å². The normalized spacial score (nSPS) is 19.1. The van der Waals surface area contributed by atoms with Crippen molar-refractivity contribution in [2.75, 3.05) is 13.1 Å². The van der Waals surface area contributed by atoms with Gasteiger partial charge in [0.1, 0.15) is 5.82 Å². The highest BCUT2D eigenvalue weighted by Crippen LogP contribution is 2.41. The molecule has 0 bridgehead atoms. The predicted molar refractivity (Wildman–Crippen MR) is 114 cm³/mol. The maximum atomic E-state index is 13.1. The molecule has 3 heterocycles. The van der Waals surface area contributed by atoms with E-state index in [1.165, 1.54) is 35.7 Å². The molecule has 2 fully saturated rings. The van der Waals surface area contributed by atoms with Gasteiger partial charge in [-0.15, -0.1) is 0 Å². The summed E-state index contributed by atoms with van der Waals surface area (Å²) in [7, 11) is 0. The van der Waals surface area contributed by atoms with E-state index in [1.807, 2.05) is 35.4 Å². The first-order valence-electron chi connectivity index (χ1n) is 10.6. The van der Waals surface area contributed by atoms with Crippen molar-refractivity contribution in [1.29, 1.82) is 0 Å². The first-order valence-corrected chi connectivity index (χ1v) is 10.6. The second kappa shape index (κ2) is 6.90. The molecule has 1 unspecified atom stereocenters. The van der Waals surface area contributed by atoms with Gasteiger partial charge in [-0.05, 0) is 76.4 Å².